The quantitative estimate of drug-likeness (QED) is 0.862. The fraction of sp³-hybridized carbons (Fsp3) is 0.462. The monoisotopic (exact) mass is 240 g/mol. The molecular weight excluding hydrogens is 226 g/mol. The maximum atomic E-state index is 14.5. The third kappa shape index (κ3) is 2.16. The molecule has 92 valence electrons. The fourth-order valence-corrected chi connectivity index (χ4v) is 2.50. The molecule has 2 rings (SSSR count). The van der Waals surface area contributed by atoms with Crippen molar-refractivity contribution in [2.75, 3.05) is 0 Å². The molecule has 1 fully saturated rings. The molecule has 2 nitrogen and oxygen atoms in total. The molecule has 4 heteroatoms. The second kappa shape index (κ2) is 4.43. The lowest BCUT2D eigenvalue weighted by atomic mass is 9.72. The van der Waals surface area contributed by atoms with Gasteiger partial charge in [-0.05, 0) is 18.4 Å². The maximum Gasteiger partial charge on any atom is 0.342 e. The van der Waals surface area contributed by atoms with Crippen LogP contribution in [-0.4, -0.2) is 22.9 Å². The molecule has 17 heavy (non-hydrogen) atoms. The average molecular weight is 240 g/mol. The van der Waals surface area contributed by atoms with E-state index in [1.165, 1.54) is 0 Å². The number of carboxylic acid groups (broad SMARTS) is 1. The van der Waals surface area contributed by atoms with E-state index in [0.29, 0.717) is 5.56 Å². The van der Waals surface area contributed by atoms with Crippen LogP contribution in [0.15, 0.2) is 30.3 Å². The van der Waals surface area contributed by atoms with Crippen molar-refractivity contribution in [1.29, 1.82) is 0 Å². The first-order chi connectivity index (χ1) is 8.04. The number of rotatable bonds is 2. The van der Waals surface area contributed by atoms with Crippen LogP contribution >= 0.6 is 0 Å². The van der Waals surface area contributed by atoms with Gasteiger partial charge in [-0.15, -0.1) is 0 Å². The predicted octanol–water partition coefficient (Wildman–Crippen LogP) is 3.09. The summed E-state index contributed by atoms with van der Waals surface area (Å²) in [5.41, 5.74) is -1.86. The van der Waals surface area contributed by atoms with Crippen LogP contribution in [0.3, 0.4) is 0 Å². The lowest BCUT2D eigenvalue weighted by Crippen LogP contribution is -2.45. The van der Waals surface area contributed by atoms with E-state index in [1.54, 1.807) is 30.3 Å². The Balaban J connectivity index is 2.35. The number of benzene rings is 1. The number of alkyl halides is 2. The van der Waals surface area contributed by atoms with Crippen molar-refractivity contribution < 1.29 is 18.7 Å². The zero-order valence-corrected chi connectivity index (χ0v) is 9.27. The molecule has 0 amide bonds. The van der Waals surface area contributed by atoms with E-state index < -0.39 is 30.1 Å². The first-order valence-corrected chi connectivity index (χ1v) is 5.65. The minimum absolute atomic E-state index is 0.221. The highest BCUT2D eigenvalue weighted by molar-refractivity contribution is 5.79. The molecule has 1 aliphatic rings. The van der Waals surface area contributed by atoms with Crippen LogP contribution < -0.4 is 0 Å². The topological polar surface area (TPSA) is 37.3 Å². The maximum absolute atomic E-state index is 14.5. The zero-order valence-electron chi connectivity index (χ0n) is 9.27. The van der Waals surface area contributed by atoms with E-state index in [4.69, 9.17) is 5.11 Å². The van der Waals surface area contributed by atoms with E-state index in [0.717, 1.165) is 0 Å². The average Bonchev–Trinajstić information content (AvgIpc) is 2.30. The van der Waals surface area contributed by atoms with Gasteiger partial charge in [0.1, 0.15) is 6.17 Å². The summed E-state index contributed by atoms with van der Waals surface area (Å²) in [6, 6.07) is 8.64. The minimum atomic E-state index is -2.49. The lowest BCUT2D eigenvalue weighted by molar-refractivity contribution is -0.156. The molecule has 1 saturated carbocycles. The van der Waals surface area contributed by atoms with Crippen molar-refractivity contribution >= 4 is 5.97 Å². The molecule has 0 bridgehead atoms. The predicted molar refractivity (Wildman–Crippen MR) is 59.4 cm³/mol. The lowest BCUT2D eigenvalue weighted by Gasteiger charge is -2.36. The standard InChI is InChI=1S/C13H14F2O2/c14-10-6-7-11(9-4-2-1-3-5-9)13(15,8-10)12(16)17/h1-5,10-11H,6-8H2,(H,16,17). The van der Waals surface area contributed by atoms with Gasteiger partial charge in [0.15, 0.2) is 0 Å². The number of carbonyl (C=O) groups is 1. The molecule has 0 aliphatic heterocycles. The first kappa shape index (κ1) is 12.0. The number of carboxylic acids is 1. The van der Waals surface area contributed by atoms with Crippen LogP contribution in [0, 0.1) is 0 Å². The Morgan fingerprint density at radius 3 is 2.53 bits per heavy atom. The molecule has 0 spiro atoms. The van der Waals surface area contributed by atoms with Gasteiger partial charge >= 0.3 is 5.97 Å². The van der Waals surface area contributed by atoms with Gasteiger partial charge in [-0.2, -0.15) is 0 Å². The Hall–Kier alpha value is -1.45. The third-order valence-corrected chi connectivity index (χ3v) is 3.40. The van der Waals surface area contributed by atoms with E-state index in [1.807, 2.05) is 0 Å². The summed E-state index contributed by atoms with van der Waals surface area (Å²) in [7, 11) is 0. The third-order valence-electron chi connectivity index (χ3n) is 3.40. The highest BCUT2D eigenvalue weighted by Crippen LogP contribution is 2.44. The van der Waals surface area contributed by atoms with Crippen molar-refractivity contribution in [3.05, 3.63) is 35.9 Å². The SMILES string of the molecule is O=C(O)C1(F)CC(F)CCC1c1ccccc1. The summed E-state index contributed by atoms with van der Waals surface area (Å²) in [6.07, 6.45) is -1.47. The Morgan fingerprint density at radius 2 is 1.94 bits per heavy atom. The molecule has 0 heterocycles. The number of aliphatic carboxylic acids is 1. The van der Waals surface area contributed by atoms with E-state index in [-0.39, 0.29) is 12.8 Å². The molecule has 1 N–H and O–H groups in total. The molecule has 0 radical (unpaired) electrons. The molecule has 1 aromatic rings. The molecule has 3 unspecified atom stereocenters. The Bertz CT molecular complexity index is 407. The van der Waals surface area contributed by atoms with Crippen LogP contribution in [0.5, 0.6) is 0 Å². The van der Waals surface area contributed by atoms with E-state index in [9.17, 15) is 13.6 Å². The number of halogens is 2. The van der Waals surface area contributed by atoms with Gasteiger partial charge in [0, 0.05) is 12.3 Å². The largest absolute Gasteiger partial charge is 0.479 e. The van der Waals surface area contributed by atoms with E-state index >= 15 is 0 Å². The summed E-state index contributed by atoms with van der Waals surface area (Å²) in [5.74, 6) is -2.32. The van der Waals surface area contributed by atoms with Crippen LogP contribution in [0.2, 0.25) is 0 Å². The summed E-state index contributed by atoms with van der Waals surface area (Å²) in [4.78, 5) is 11.1. The second-order valence-electron chi connectivity index (χ2n) is 4.51. The Labute approximate surface area is 98.3 Å². The molecule has 0 saturated heterocycles. The van der Waals surface area contributed by atoms with Gasteiger partial charge in [-0.25, -0.2) is 13.6 Å². The van der Waals surface area contributed by atoms with Gasteiger partial charge in [-0.1, -0.05) is 30.3 Å². The van der Waals surface area contributed by atoms with Crippen molar-refractivity contribution in [2.24, 2.45) is 0 Å². The Morgan fingerprint density at radius 1 is 1.29 bits per heavy atom. The summed E-state index contributed by atoms with van der Waals surface area (Å²) < 4.78 is 27.7. The molecular formula is C13H14F2O2. The minimum Gasteiger partial charge on any atom is -0.479 e. The van der Waals surface area contributed by atoms with Crippen molar-refractivity contribution in [3.8, 4) is 0 Å². The highest BCUT2D eigenvalue weighted by Gasteiger charge is 2.51. The molecule has 0 aromatic heterocycles. The summed E-state index contributed by atoms with van der Waals surface area (Å²) >= 11 is 0. The van der Waals surface area contributed by atoms with Crippen LogP contribution in [0.4, 0.5) is 8.78 Å². The van der Waals surface area contributed by atoms with E-state index in [2.05, 4.69) is 0 Å². The fourth-order valence-electron chi connectivity index (χ4n) is 2.50. The normalized spacial score (nSPS) is 33.3. The summed E-state index contributed by atoms with van der Waals surface area (Å²) in [5, 5.41) is 9.01. The van der Waals surface area contributed by atoms with Crippen molar-refractivity contribution in [3.63, 3.8) is 0 Å². The molecule has 1 aromatic carbocycles. The van der Waals surface area contributed by atoms with Crippen LogP contribution in [-0.2, 0) is 4.79 Å². The first-order valence-electron chi connectivity index (χ1n) is 5.65. The van der Waals surface area contributed by atoms with Crippen molar-refractivity contribution in [1.82, 2.24) is 0 Å². The second-order valence-corrected chi connectivity index (χ2v) is 4.51. The summed E-state index contributed by atoms with van der Waals surface area (Å²) in [6.45, 7) is 0. The zero-order chi connectivity index (χ0) is 12.5. The molecule has 3 atom stereocenters. The van der Waals surface area contributed by atoms with Gasteiger partial charge in [0.25, 0.3) is 0 Å². The van der Waals surface area contributed by atoms with Gasteiger partial charge in [-0.3, -0.25) is 0 Å². The van der Waals surface area contributed by atoms with Crippen molar-refractivity contribution in [2.45, 2.75) is 37.0 Å². The van der Waals surface area contributed by atoms with Gasteiger partial charge in [0.2, 0.25) is 5.67 Å². The smallest absolute Gasteiger partial charge is 0.342 e. The van der Waals surface area contributed by atoms with Gasteiger partial charge < -0.3 is 5.11 Å². The molecule has 1 aliphatic carbocycles. The number of hydrogen-bond donors (Lipinski definition) is 1. The number of hydrogen-bond acceptors (Lipinski definition) is 1. The highest BCUT2D eigenvalue weighted by atomic mass is 19.2. The van der Waals surface area contributed by atoms with Crippen LogP contribution in [0.1, 0.15) is 30.7 Å². The van der Waals surface area contributed by atoms with Gasteiger partial charge in [0.05, 0.1) is 0 Å². The Kier molecular flexibility index (Phi) is 3.13. The van der Waals surface area contributed by atoms with Crippen LogP contribution in [0.25, 0.3) is 0 Å².